The van der Waals surface area contributed by atoms with Gasteiger partial charge in [-0.1, -0.05) is 18.2 Å². The summed E-state index contributed by atoms with van der Waals surface area (Å²) in [5.74, 6) is 1.13. The highest BCUT2D eigenvalue weighted by Crippen LogP contribution is 2.45. The van der Waals surface area contributed by atoms with Crippen LogP contribution in [0.2, 0.25) is 0 Å². The predicted molar refractivity (Wildman–Crippen MR) is 86.5 cm³/mol. The Hall–Kier alpha value is -2.56. The highest BCUT2D eigenvalue weighted by Gasteiger charge is 2.38. The summed E-state index contributed by atoms with van der Waals surface area (Å²) in [6.07, 6.45) is 2.15. The molecular weight excluding hydrogens is 309 g/mol. The van der Waals surface area contributed by atoms with Crippen LogP contribution in [-0.4, -0.2) is 24.6 Å². The molecule has 1 heterocycles. The molecule has 0 aromatic heterocycles. The molecule has 1 amide bonds. The van der Waals surface area contributed by atoms with Gasteiger partial charge in [-0.15, -0.1) is 0 Å². The molecule has 1 atom stereocenters. The van der Waals surface area contributed by atoms with Crippen molar-refractivity contribution in [1.29, 1.82) is 0 Å². The Morgan fingerprint density at radius 2 is 1.92 bits per heavy atom. The summed E-state index contributed by atoms with van der Waals surface area (Å²) in [4.78, 5) is 14.8. The van der Waals surface area contributed by atoms with E-state index in [1.165, 1.54) is 12.1 Å². The number of hydrogen-bond acceptors (Lipinski definition) is 3. The van der Waals surface area contributed by atoms with Gasteiger partial charge in [-0.25, -0.2) is 4.39 Å². The van der Waals surface area contributed by atoms with Crippen molar-refractivity contribution < 1.29 is 18.7 Å². The minimum Gasteiger partial charge on any atom is -0.454 e. The fourth-order valence-corrected chi connectivity index (χ4v) is 3.30. The molecule has 0 unspecified atom stereocenters. The van der Waals surface area contributed by atoms with Gasteiger partial charge in [0, 0.05) is 7.05 Å². The zero-order chi connectivity index (χ0) is 16.7. The molecule has 0 spiro atoms. The second-order valence-corrected chi connectivity index (χ2v) is 6.29. The third-order valence-electron chi connectivity index (χ3n) is 4.64. The summed E-state index contributed by atoms with van der Waals surface area (Å²) in [6, 6.07) is 11.7. The van der Waals surface area contributed by atoms with Crippen LogP contribution in [0.1, 0.15) is 34.8 Å². The smallest absolute Gasteiger partial charge is 0.258 e. The molecule has 1 aliphatic carbocycles. The van der Waals surface area contributed by atoms with Gasteiger partial charge in [-0.3, -0.25) is 4.79 Å². The average Bonchev–Trinajstić information content (AvgIpc) is 3.30. The molecule has 4 rings (SSSR count). The molecule has 2 aromatic carbocycles. The highest BCUT2D eigenvalue weighted by atomic mass is 19.1. The normalized spacial score (nSPS) is 16.8. The summed E-state index contributed by atoms with van der Waals surface area (Å²) in [5, 5.41) is 0. The van der Waals surface area contributed by atoms with Gasteiger partial charge in [0.25, 0.3) is 5.91 Å². The van der Waals surface area contributed by atoms with Crippen molar-refractivity contribution in [2.24, 2.45) is 5.92 Å². The van der Waals surface area contributed by atoms with Crippen molar-refractivity contribution in [3.05, 3.63) is 59.4 Å². The number of hydrogen-bond donors (Lipinski definition) is 0. The Labute approximate surface area is 139 Å². The molecule has 0 radical (unpaired) electrons. The Bertz CT molecular complexity index is 771. The molecule has 0 saturated heterocycles. The fraction of sp³-hybridized carbons (Fsp3) is 0.316. The van der Waals surface area contributed by atoms with Crippen molar-refractivity contribution in [3.8, 4) is 11.5 Å². The number of fused-ring (bicyclic) bond motifs is 1. The third kappa shape index (κ3) is 2.60. The molecule has 0 bridgehead atoms. The van der Waals surface area contributed by atoms with E-state index in [1.807, 2.05) is 0 Å². The van der Waals surface area contributed by atoms with Crippen molar-refractivity contribution >= 4 is 5.91 Å². The second kappa shape index (κ2) is 5.82. The van der Waals surface area contributed by atoms with E-state index in [2.05, 4.69) is 0 Å². The van der Waals surface area contributed by atoms with Gasteiger partial charge < -0.3 is 14.4 Å². The summed E-state index contributed by atoms with van der Waals surface area (Å²) in [7, 11) is 1.80. The maximum absolute atomic E-state index is 13.2. The van der Waals surface area contributed by atoms with Crippen molar-refractivity contribution in [2.75, 3.05) is 13.8 Å². The Morgan fingerprint density at radius 1 is 1.17 bits per heavy atom. The van der Waals surface area contributed by atoms with Gasteiger partial charge in [0.15, 0.2) is 11.5 Å². The molecule has 1 fully saturated rings. The van der Waals surface area contributed by atoms with Crippen molar-refractivity contribution in [3.63, 3.8) is 0 Å². The average molecular weight is 327 g/mol. The maximum atomic E-state index is 13.2. The first kappa shape index (κ1) is 15.0. The molecule has 2 aromatic rings. The summed E-state index contributed by atoms with van der Waals surface area (Å²) in [6.45, 7) is 0.132. The molecule has 124 valence electrons. The van der Waals surface area contributed by atoms with Gasteiger partial charge in [-0.2, -0.15) is 0 Å². The first-order valence-electron chi connectivity index (χ1n) is 8.06. The number of halogens is 1. The van der Waals surface area contributed by atoms with Crippen LogP contribution < -0.4 is 9.47 Å². The lowest BCUT2D eigenvalue weighted by Gasteiger charge is -2.29. The Kier molecular flexibility index (Phi) is 3.63. The van der Waals surface area contributed by atoms with Crippen LogP contribution in [0.25, 0.3) is 0 Å². The van der Waals surface area contributed by atoms with Crippen LogP contribution in [0.4, 0.5) is 4.39 Å². The third-order valence-corrected chi connectivity index (χ3v) is 4.64. The molecular formula is C19H18FNO3. The number of rotatable bonds is 4. The van der Waals surface area contributed by atoms with Gasteiger partial charge in [0.05, 0.1) is 11.6 Å². The monoisotopic (exact) mass is 327 g/mol. The first-order valence-corrected chi connectivity index (χ1v) is 8.06. The van der Waals surface area contributed by atoms with Crippen LogP contribution >= 0.6 is 0 Å². The maximum Gasteiger partial charge on any atom is 0.258 e. The van der Waals surface area contributed by atoms with Crippen molar-refractivity contribution in [2.45, 2.75) is 18.9 Å². The minimum absolute atomic E-state index is 0.0590. The number of nitrogens with zero attached hydrogens (tertiary/aromatic N) is 1. The lowest BCUT2D eigenvalue weighted by molar-refractivity contribution is 0.0706. The van der Waals surface area contributed by atoms with Crippen LogP contribution in [0.5, 0.6) is 11.5 Å². The Balaban J connectivity index is 1.66. The fourth-order valence-electron chi connectivity index (χ4n) is 3.30. The first-order chi connectivity index (χ1) is 11.6. The van der Waals surface area contributed by atoms with E-state index in [9.17, 15) is 9.18 Å². The predicted octanol–water partition coefficient (Wildman–Crippen LogP) is 3.78. The molecule has 0 N–H and O–H groups in total. The quantitative estimate of drug-likeness (QED) is 0.858. The SMILES string of the molecule is CN(C(=O)c1cccc2c1OCO2)[C@H](c1ccc(F)cc1)C1CC1. The topological polar surface area (TPSA) is 38.8 Å². The van der Waals surface area contributed by atoms with Gasteiger partial charge in [0.1, 0.15) is 5.82 Å². The number of benzene rings is 2. The lowest BCUT2D eigenvalue weighted by Crippen LogP contribution is -2.32. The zero-order valence-corrected chi connectivity index (χ0v) is 13.4. The largest absolute Gasteiger partial charge is 0.454 e. The van der Waals surface area contributed by atoms with Crippen LogP contribution in [0.3, 0.4) is 0 Å². The standard InChI is InChI=1S/C19H18FNO3/c1-21(17(12-5-6-12)13-7-9-14(20)10-8-13)19(22)15-3-2-4-16-18(15)24-11-23-16/h2-4,7-10,12,17H,5-6,11H2,1H3/t17-/m0/s1. The molecule has 5 heteroatoms. The van der Waals surface area contributed by atoms with E-state index in [0.717, 1.165) is 18.4 Å². The zero-order valence-electron chi connectivity index (χ0n) is 13.4. The summed E-state index contributed by atoms with van der Waals surface area (Å²) >= 11 is 0. The second-order valence-electron chi connectivity index (χ2n) is 6.29. The molecule has 24 heavy (non-hydrogen) atoms. The van der Waals surface area contributed by atoms with Crippen LogP contribution in [-0.2, 0) is 0 Å². The highest BCUT2D eigenvalue weighted by molar-refractivity contribution is 5.98. The van der Waals surface area contributed by atoms with Gasteiger partial charge in [-0.05, 0) is 48.6 Å². The molecule has 4 nitrogen and oxygen atoms in total. The van der Waals surface area contributed by atoms with Crippen molar-refractivity contribution in [1.82, 2.24) is 4.90 Å². The van der Waals surface area contributed by atoms with Gasteiger partial charge >= 0.3 is 0 Å². The van der Waals surface area contributed by atoms with E-state index < -0.39 is 0 Å². The van der Waals surface area contributed by atoms with Gasteiger partial charge in [0.2, 0.25) is 6.79 Å². The van der Waals surface area contributed by atoms with E-state index in [1.54, 1.807) is 42.3 Å². The number of para-hydroxylation sites is 1. The van der Waals surface area contributed by atoms with E-state index in [0.29, 0.717) is 23.0 Å². The summed E-state index contributed by atoms with van der Waals surface area (Å²) in [5.41, 5.74) is 1.46. The number of ether oxygens (including phenoxy) is 2. The number of carbonyl (C=O) groups excluding carboxylic acids is 1. The van der Waals surface area contributed by atoms with Crippen LogP contribution in [0, 0.1) is 11.7 Å². The Morgan fingerprint density at radius 3 is 2.62 bits per heavy atom. The minimum atomic E-state index is -0.270. The lowest BCUT2D eigenvalue weighted by atomic mass is 10.00. The van der Waals surface area contributed by atoms with E-state index >= 15 is 0 Å². The van der Waals surface area contributed by atoms with E-state index in [4.69, 9.17) is 9.47 Å². The molecule has 1 saturated carbocycles. The van der Waals surface area contributed by atoms with E-state index in [-0.39, 0.29) is 24.6 Å². The molecule has 2 aliphatic rings. The summed E-state index contributed by atoms with van der Waals surface area (Å²) < 4.78 is 24.0. The molecule has 1 aliphatic heterocycles. The van der Waals surface area contributed by atoms with Crippen LogP contribution in [0.15, 0.2) is 42.5 Å². The number of carbonyl (C=O) groups is 1. The number of amides is 1.